The van der Waals surface area contributed by atoms with Gasteiger partial charge in [0, 0.05) is 29.5 Å². The van der Waals surface area contributed by atoms with Gasteiger partial charge in [-0.05, 0) is 43.2 Å². The third kappa shape index (κ3) is 8.99. The smallest absolute Gasteiger partial charge is 0.243 e. The first-order valence-corrected chi connectivity index (χ1v) is 10.8. The molecule has 2 aromatic rings. The van der Waals surface area contributed by atoms with E-state index in [0.717, 1.165) is 24.3 Å². The fourth-order valence-corrected chi connectivity index (χ4v) is 2.93. The molecule has 0 unspecified atom stereocenters. The van der Waals surface area contributed by atoms with Gasteiger partial charge < -0.3 is 20.7 Å². The van der Waals surface area contributed by atoms with Crippen LogP contribution in [-0.2, 0) is 9.59 Å². The van der Waals surface area contributed by atoms with E-state index in [0.29, 0.717) is 24.4 Å². The van der Waals surface area contributed by atoms with Crippen LogP contribution in [-0.4, -0.2) is 25.0 Å². The van der Waals surface area contributed by atoms with Crippen LogP contribution in [0.15, 0.2) is 48.5 Å². The summed E-state index contributed by atoms with van der Waals surface area (Å²) < 4.78 is 5.78. The number of hydrogen-bond donors (Lipinski definition) is 3. The molecule has 6 heteroatoms. The number of carbonyl (C=O) groups excluding carboxylic acids is 2. The Morgan fingerprint density at radius 1 is 0.800 bits per heavy atom. The van der Waals surface area contributed by atoms with Crippen molar-refractivity contribution < 1.29 is 14.3 Å². The van der Waals surface area contributed by atoms with E-state index in [-0.39, 0.29) is 18.4 Å². The molecule has 0 aliphatic carbocycles. The van der Waals surface area contributed by atoms with Crippen molar-refractivity contribution in [2.75, 3.05) is 29.1 Å². The molecule has 30 heavy (non-hydrogen) atoms. The van der Waals surface area contributed by atoms with Crippen molar-refractivity contribution in [2.24, 2.45) is 0 Å². The topological polar surface area (TPSA) is 79.5 Å². The lowest BCUT2D eigenvalue weighted by molar-refractivity contribution is -0.116. The molecule has 2 amide bonds. The van der Waals surface area contributed by atoms with Gasteiger partial charge in [-0.2, -0.15) is 0 Å². The summed E-state index contributed by atoms with van der Waals surface area (Å²) in [5.41, 5.74) is 2.14. The molecular weight excluding hydrogens is 378 g/mol. The molecule has 2 aromatic carbocycles. The molecule has 0 saturated heterocycles. The minimum Gasteiger partial charge on any atom is -0.494 e. The molecule has 162 valence electrons. The second-order valence-corrected chi connectivity index (χ2v) is 7.22. The molecular formula is C24H33N3O3. The van der Waals surface area contributed by atoms with Crippen molar-refractivity contribution in [3.8, 4) is 5.75 Å². The number of carbonyl (C=O) groups is 2. The van der Waals surface area contributed by atoms with E-state index in [1.807, 2.05) is 31.2 Å². The van der Waals surface area contributed by atoms with Crippen LogP contribution in [0.5, 0.6) is 5.75 Å². The first-order chi connectivity index (χ1) is 14.6. The molecule has 3 N–H and O–H groups in total. The highest BCUT2D eigenvalue weighted by Crippen LogP contribution is 2.18. The first-order valence-electron chi connectivity index (χ1n) is 10.8. The lowest BCUT2D eigenvalue weighted by Gasteiger charge is -2.11. The van der Waals surface area contributed by atoms with Crippen LogP contribution in [0.2, 0.25) is 0 Å². The Bertz CT molecular complexity index is 808. The maximum absolute atomic E-state index is 12.3. The fourth-order valence-electron chi connectivity index (χ4n) is 2.93. The zero-order valence-electron chi connectivity index (χ0n) is 18.0. The molecule has 0 fully saturated rings. The fraction of sp³-hybridized carbons (Fsp3) is 0.417. The molecule has 0 aromatic heterocycles. The zero-order chi connectivity index (χ0) is 21.6. The minimum absolute atomic E-state index is 0.0323. The summed E-state index contributed by atoms with van der Waals surface area (Å²) in [6.45, 7) is 4.98. The monoisotopic (exact) mass is 411 g/mol. The van der Waals surface area contributed by atoms with E-state index in [1.54, 1.807) is 24.3 Å². The maximum Gasteiger partial charge on any atom is 0.243 e. The standard InChI is InChI=1S/C24H33N3O3/c1-3-5-6-7-15-30-22-14-9-11-19(17-22)25-18-24(29)27-21-13-8-12-20(16-21)26-23(28)10-4-2/h8-9,11-14,16-17,25H,3-7,10,15,18H2,1-2H3,(H,26,28)(H,27,29). The van der Waals surface area contributed by atoms with Gasteiger partial charge in [-0.25, -0.2) is 0 Å². The van der Waals surface area contributed by atoms with E-state index >= 15 is 0 Å². The van der Waals surface area contributed by atoms with Crippen molar-refractivity contribution in [2.45, 2.75) is 52.4 Å². The van der Waals surface area contributed by atoms with Gasteiger partial charge in [0.05, 0.1) is 13.2 Å². The molecule has 0 atom stereocenters. The summed E-state index contributed by atoms with van der Waals surface area (Å²) in [5, 5.41) is 8.79. The Morgan fingerprint density at radius 3 is 2.23 bits per heavy atom. The van der Waals surface area contributed by atoms with Crippen LogP contribution in [0, 0.1) is 0 Å². The predicted molar refractivity (Wildman–Crippen MR) is 123 cm³/mol. The predicted octanol–water partition coefficient (Wildman–Crippen LogP) is 5.43. The van der Waals surface area contributed by atoms with Crippen LogP contribution in [0.4, 0.5) is 17.1 Å². The highest BCUT2D eigenvalue weighted by Gasteiger charge is 2.06. The van der Waals surface area contributed by atoms with Gasteiger partial charge in [0.2, 0.25) is 11.8 Å². The van der Waals surface area contributed by atoms with Gasteiger partial charge in [-0.1, -0.05) is 45.2 Å². The number of benzene rings is 2. The third-order valence-electron chi connectivity index (χ3n) is 4.46. The zero-order valence-corrected chi connectivity index (χ0v) is 18.0. The minimum atomic E-state index is -0.169. The summed E-state index contributed by atoms with van der Waals surface area (Å²) in [6, 6.07) is 14.8. The van der Waals surface area contributed by atoms with Crippen LogP contribution in [0.25, 0.3) is 0 Å². The number of hydrogen-bond acceptors (Lipinski definition) is 4. The van der Waals surface area contributed by atoms with Crippen LogP contribution >= 0.6 is 0 Å². The number of nitrogens with one attached hydrogen (secondary N) is 3. The Kier molecular flexibility index (Phi) is 10.3. The van der Waals surface area contributed by atoms with E-state index in [2.05, 4.69) is 22.9 Å². The quantitative estimate of drug-likeness (QED) is 0.384. The Labute approximate surface area is 179 Å². The van der Waals surface area contributed by atoms with E-state index in [1.165, 1.54) is 19.3 Å². The summed E-state index contributed by atoms with van der Waals surface area (Å²) >= 11 is 0. The summed E-state index contributed by atoms with van der Waals surface area (Å²) in [5.74, 6) is 0.598. The lowest BCUT2D eigenvalue weighted by Crippen LogP contribution is -2.21. The maximum atomic E-state index is 12.3. The largest absolute Gasteiger partial charge is 0.494 e. The average Bonchev–Trinajstić information content (AvgIpc) is 2.73. The summed E-state index contributed by atoms with van der Waals surface area (Å²) in [4.78, 5) is 24.0. The van der Waals surface area contributed by atoms with Gasteiger partial charge >= 0.3 is 0 Å². The molecule has 0 bridgehead atoms. The average molecular weight is 412 g/mol. The van der Waals surface area contributed by atoms with Crippen LogP contribution < -0.4 is 20.7 Å². The van der Waals surface area contributed by atoms with Gasteiger partial charge in [0.1, 0.15) is 5.75 Å². The van der Waals surface area contributed by atoms with Crippen LogP contribution in [0.1, 0.15) is 52.4 Å². The van der Waals surface area contributed by atoms with Crippen LogP contribution in [0.3, 0.4) is 0 Å². The van der Waals surface area contributed by atoms with E-state index < -0.39 is 0 Å². The van der Waals surface area contributed by atoms with Crippen molar-refractivity contribution in [1.29, 1.82) is 0 Å². The molecule has 0 aliphatic heterocycles. The Balaban J connectivity index is 1.79. The van der Waals surface area contributed by atoms with E-state index in [4.69, 9.17) is 4.74 Å². The van der Waals surface area contributed by atoms with Crippen molar-refractivity contribution in [3.05, 3.63) is 48.5 Å². The van der Waals surface area contributed by atoms with Gasteiger partial charge in [-0.3, -0.25) is 9.59 Å². The molecule has 0 radical (unpaired) electrons. The molecule has 0 aliphatic rings. The van der Waals surface area contributed by atoms with Crippen molar-refractivity contribution in [3.63, 3.8) is 0 Å². The highest BCUT2D eigenvalue weighted by molar-refractivity contribution is 5.95. The Morgan fingerprint density at radius 2 is 1.50 bits per heavy atom. The SMILES string of the molecule is CCCCCCOc1cccc(NCC(=O)Nc2cccc(NC(=O)CCC)c2)c1. The molecule has 0 saturated carbocycles. The highest BCUT2D eigenvalue weighted by atomic mass is 16.5. The van der Waals surface area contributed by atoms with Crippen molar-refractivity contribution in [1.82, 2.24) is 0 Å². The normalized spacial score (nSPS) is 10.3. The number of ether oxygens (including phenoxy) is 1. The lowest BCUT2D eigenvalue weighted by atomic mass is 10.2. The second kappa shape index (κ2) is 13.2. The van der Waals surface area contributed by atoms with Gasteiger partial charge in [0.25, 0.3) is 0 Å². The molecule has 0 heterocycles. The summed E-state index contributed by atoms with van der Waals surface area (Å²) in [6.07, 6.45) is 5.93. The molecule has 0 spiro atoms. The number of unbranched alkanes of at least 4 members (excludes halogenated alkanes) is 3. The van der Waals surface area contributed by atoms with Crippen molar-refractivity contribution >= 4 is 28.9 Å². The summed E-state index contributed by atoms with van der Waals surface area (Å²) in [7, 11) is 0. The molecule has 6 nitrogen and oxygen atoms in total. The number of amides is 2. The first kappa shape index (κ1) is 23.3. The van der Waals surface area contributed by atoms with Gasteiger partial charge in [0.15, 0.2) is 0 Å². The third-order valence-corrected chi connectivity index (χ3v) is 4.46. The van der Waals surface area contributed by atoms with Gasteiger partial charge in [-0.15, -0.1) is 0 Å². The second-order valence-electron chi connectivity index (χ2n) is 7.22. The number of rotatable bonds is 13. The number of anilines is 3. The molecule has 2 rings (SSSR count). The van der Waals surface area contributed by atoms with E-state index in [9.17, 15) is 9.59 Å². The Hall–Kier alpha value is -3.02.